The van der Waals surface area contributed by atoms with E-state index in [4.69, 9.17) is 21.1 Å². The molecule has 0 amide bonds. The van der Waals surface area contributed by atoms with E-state index in [0.29, 0.717) is 10.8 Å². The summed E-state index contributed by atoms with van der Waals surface area (Å²) in [5, 5.41) is 0.529. The molecule has 3 aromatic rings. The van der Waals surface area contributed by atoms with Gasteiger partial charge in [-0.15, -0.1) is 0 Å². The summed E-state index contributed by atoms with van der Waals surface area (Å²) in [4.78, 5) is 20.5. The van der Waals surface area contributed by atoms with Crippen molar-refractivity contribution in [3.8, 4) is 17.4 Å². The Bertz CT molecular complexity index is 1240. The molecule has 0 aliphatic carbocycles. The summed E-state index contributed by atoms with van der Waals surface area (Å²) in [6.07, 6.45) is 0. The van der Waals surface area contributed by atoms with Gasteiger partial charge in [-0.05, 0) is 55.4 Å². The van der Waals surface area contributed by atoms with Crippen molar-refractivity contribution in [1.29, 1.82) is 0 Å². The molecule has 0 bridgehead atoms. The molecule has 0 unspecified atom stereocenters. The molecule has 2 aromatic carbocycles. The molecule has 1 aliphatic heterocycles. The minimum absolute atomic E-state index is 0.0924. The molecule has 180 valence electrons. The normalized spacial score (nSPS) is 14.4. The van der Waals surface area contributed by atoms with Gasteiger partial charge in [0.05, 0.1) is 0 Å². The maximum absolute atomic E-state index is 14.6. The number of piperazine rings is 1. The van der Waals surface area contributed by atoms with Gasteiger partial charge in [-0.1, -0.05) is 11.6 Å². The van der Waals surface area contributed by atoms with Crippen LogP contribution in [0.1, 0.15) is 11.1 Å². The highest BCUT2D eigenvalue weighted by Crippen LogP contribution is 2.31. The number of likely N-dealkylation sites (N-methyl/N-ethyl adjacent to an activating group) is 1. The van der Waals surface area contributed by atoms with E-state index in [0.717, 1.165) is 43.9 Å². The van der Waals surface area contributed by atoms with E-state index in [1.807, 2.05) is 7.05 Å². The second-order valence-corrected chi connectivity index (χ2v) is 8.68. The maximum Gasteiger partial charge on any atom is 0.352 e. The molecule has 1 saturated heterocycles. The highest BCUT2D eigenvalue weighted by atomic mass is 35.5. The third kappa shape index (κ3) is 5.31. The summed E-state index contributed by atoms with van der Waals surface area (Å²) in [6, 6.07) is 8.65. The van der Waals surface area contributed by atoms with Gasteiger partial charge in [-0.3, -0.25) is 4.57 Å². The average Bonchev–Trinajstić information content (AvgIpc) is 2.80. The summed E-state index contributed by atoms with van der Waals surface area (Å²) in [5.74, 6) is -1.22. The van der Waals surface area contributed by atoms with Crippen molar-refractivity contribution in [3.05, 3.63) is 74.7 Å². The molecule has 0 N–H and O–H groups in total. The van der Waals surface area contributed by atoms with Gasteiger partial charge in [0.1, 0.15) is 18.2 Å². The van der Waals surface area contributed by atoms with Gasteiger partial charge in [0.2, 0.25) is 5.88 Å². The lowest BCUT2D eigenvalue weighted by molar-refractivity contribution is 0.287. The molecule has 10 heteroatoms. The summed E-state index contributed by atoms with van der Waals surface area (Å²) < 4.78 is 41.7. The van der Waals surface area contributed by atoms with E-state index >= 15 is 0 Å². The van der Waals surface area contributed by atoms with E-state index in [1.54, 1.807) is 32.2 Å². The number of aromatic nitrogens is 2. The van der Waals surface area contributed by atoms with E-state index in [-0.39, 0.29) is 23.8 Å². The predicted molar refractivity (Wildman–Crippen MR) is 126 cm³/mol. The minimum Gasteiger partial charge on any atom is -0.473 e. The third-order valence-electron chi connectivity index (χ3n) is 5.71. The van der Waals surface area contributed by atoms with Crippen LogP contribution in [0.25, 0.3) is 0 Å². The number of rotatable bonds is 6. The fourth-order valence-electron chi connectivity index (χ4n) is 3.67. The summed E-state index contributed by atoms with van der Waals surface area (Å²) >= 11 is 5.98. The molecular weight excluding hydrogens is 466 g/mol. The van der Waals surface area contributed by atoms with Crippen molar-refractivity contribution < 1.29 is 18.3 Å². The zero-order chi connectivity index (χ0) is 24.4. The Hall–Kier alpha value is -3.17. The SMILES string of the molecule is Cc1cc(Oc2c(F)cc(COc3cc(N4CCN(C)CC4)n(C)c(=O)n3)cc2F)ccc1Cl. The molecule has 0 radical (unpaired) electrons. The van der Waals surface area contributed by atoms with E-state index < -0.39 is 23.1 Å². The second kappa shape index (κ2) is 9.99. The van der Waals surface area contributed by atoms with Gasteiger partial charge in [-0.2, -0.15) is 4.98 Å². The van der Waals surface area contributed by atoms with Crippen LogP contribution >= 0.6 is 11.6 Å². The zero-order valence-corrected chi connectivity index (χ0v) is 19.9. The van der Waals surface area contributed by atoms with Crippen molar-refractivity contribution in [3.63, 3.8) is 0 Å². The molecule has 1 aromatic heterocycles. The number of anilines is 1. The first kappa shape index (κ1) is 24.0. The van der Waals surface area contributed by atoms with Crippen molar-refractivity contribution in [1.82, 2.24) is 14.5 Å². The fraction of sp³-hybridized carbons (Fsp3) is 0.333. The van der Waals surface area contributed by atoms with Crippen molar-refractivity contribution >= 4 is 17.4 Å². The maximum atomic E-state index is 14.6. The Morgan fingerprint density at radius 3 is 2.35 bits per heavy atom. The van der Waals surface area contributed by atoms with Crippen LogP contribution in [0.2, 0.25) is 5.02 Å². The first-order chi connectivity index (χ1) is 16.2. The molecule has 0 atom stereocenters. The second-order valence-electron chi connectivity index (χ2n) is 8.27. The monoisotopic (exact) mass is 490 g/mol. The van der Waals surface area contributed by atoms with E-state index in [9.17, 15) is 13.6 Å². The van der Waals surface area contributed by atoms with Gasteiger partial charge in [0.15, 0.2) is 17.4 Å². The Morgan fingerprint density at radius 1 is 1.03 bits per heavy atom. The molecule has 1 fully saturated rings. The number of hydrogen-bond donors (Lipinski definition) is 0. The van der Waals surface area contributed by atoms with Crippen molar-refractivity contribution in [2.45, 2.75) is 13.5 Å². The smallest absolute Gasteiger partial charge is 0.352 e. The molecule has 1 aliphatic rings. The Morgan fingerprint density at radius 2 is 1.71 bits per heavy atom. The van der Waals surface area contributed by atoms with Crippen LogP contribution in [0.3, 0.4) is 0 Å². The lowest BCUT2D eigenvalue weighted by atomic mass is 10.2. The Balaban J connectivity index is 1.49. The van der Waals surface area contributed by atoms with Gasteiger partial charge in [0.25, 0.3) is 0 Å². The highest BCUT2D eigenvalue weighted by molar-refractivity contribution is 6.31. The fourth-order valence-corrected chi connectivity index (χ4v) is 3.79. The summed E-state index contributed by atoms with van der Waals surface area (Å²) in [6.45, 7) is 4.86. The molecule has 2 heterocycles. The minimum atomic E-state index is -0.874. The predicted octanol–water partition coefficient (Wildman–Crippen LogP) is 4.14. The van der Waals surface area contributed by atoms with Crippen LogP contribution in [-0.2, 0) is 13.7 Å². The van der Waals surface area contributed by atoms with Crippen LogP contribution in [-0.4, -0.2) is 47.7 Å². The lowest BCUT2D eigenvalue weighted by Crippen LogP contribution is -2.46. The third-order valence-corrected chi connectivity index (χ3v) is 6.13. The molecular formula is C24H25ClF2N4O3. The van der Waals surface area contributed by atoms with Gasteiger partial charge < -0.3 is 19.3 Å². The van der Waals surface area contributed by atoms with Crippen LogP contribution in [0.5, 0.6) is 17.4 Å². The topological polar surface area (TPSA) is 59.8 Å². The number of halogens is 3. The molecule has 4 rings (SSSR count). The standard InChI is InChI=1S/C24H25ClF2N4O3/c1-15-10-17(4-5-18(15)25)34-23-19(26)11-16(12-20(23)27)14-33-21-13-22(30(3)24(32)28-21)31-8-6-29(2)7-9-31/h4-5,10-13H,6-9,14H2,1-3H3. The molecule has 0 spiro atoms. The summed E-state index contributed by atoms with van der Waals surface area (Å²) in [5.41, 5.74) is 0.492. The number of benzene rings is 2. The molecule has 7 nitrogen and oxygen atoms in total. The van der Waals surface area contributed by atoms with Gasteiger partial charge in [0, 0.05) is 44.3 Å². The number of nitrogens with zero attached hydrogens (tertiary/aromatic N) is 4. The van der Waals surface area contributed by atoms with Crippen molar-refractivity contribution in [2.24, 2.45) is 7.05 Å². The Kier molecular flexibility index (Phi) is 7.04. The van der Waals surface area contributed by atoms with Gasteiger partial charge >= 0.3 is 5.69 Å². The lowest BCUT2D eigenvalue weighted by Gasteiger charge is -2.34. The van der Waals surface area contributed by atoms with Crippen molar-refractivity contribution in [2.75, 3.05) is 38.1 Å². The van der Waals surface area contributed by atoms with E-state index in [2.05, 4.69) is 14.8 Å². The Labute approximate surface area is 201 Å². The van der Waals surface area contributed by atoms with Crippen LogP contribution in [0.15, 0.2) is 41.2 Å². The van der Waals surface area contributed by atoms with Gasteiger partial charge in [-0.25, -0.2) is 13.6 Å². The van der Waals surface area contributed by atoms with E-state index in [1.165, 1.54) is 10.6 Å². The van der Waals surface area contributed by atoms with Crippen LogP contribution in [0.4, 0.5) is 14.6 Å². The highest BCUT2D eigenvalue weighted by Gasteiger charge is 2.19. The van der Waals surface area contributed by atoms with Crippen LogP contribution in [0, 0.1) is 18.6 Å². The first-order valence-corrected chi connectivity index (χ1v) is 11.2. The number of aryl methyl sites for hydroxylation is 1. The summed E-state index contributed by atoms with van der Waals surface area (Å²) in [7, 11) is 3.70. The number of hydrogen-bond acceptors (Lipinski definition) is 6. The quantitative estimate of drug-likeness (QED) is 0.517. The zero-order valence-electron chi connectivity index (χ0n) is 19.1. The molecule has 0 saturated carbocycles. The molecule has 34 heavy (non-hydrogen) atoms. The van der Waals surface area contributed by atoms with Crippen LogP contribution < -0.4 is 20.1 Å². The number of ether oxygens (including phenoxy) is 2. The first-order valence-electron chi connectivity index (χ1n) is 10.8. The average molecular weight is 491 g/mol. The largest absolute Gasteiger partial charge is 0.473 e.